The van der Waals surface area contributed by atoms with Crippen LogP contribution in [-0.2, 0) is 16.2 Å². The maximum atomic E-state index is 10.8. The monoisotopic (exact) mass is 435 g/mol. The van der Waals surface area contributed by atoms with Crippen molar-refractivity contribution >= 4 is 17.9 Å². The van der Waals surface area contributed by atoms with E-state index in [-0.39, 0.29) is 12.6 Å². The van der Waals surface area contributed by atoms with E-state index < -0.39 is 5.97 Å². The van der Waals surface area contributed by atoms with Gasteiger partial charge in [-0.05, 0) is 16.7 Å². The molecule has 2 aliphatic heterocycles. The molecule has 168 valence electrons. The number of carboxylic acid groups (broad SMARTS) is 1. The molecule has 0 aliphatic carbocycles. The highest BCUT2D eigenvalue weighted by molar-refractivity contribution is 6.01. The zero-order chi connectivity index (χ0) is 22.2. The van der Waals surface area contributed by atoms with E-state index in [1.807, 2.05) is 53.6 Å². The van der Waals surface area contributed by atoms with Gasteiger partial charge in [-0.15, -0.1) is 0 Å². The minimum Gasteiger partial charge on any atom is -0.480 e. The first-order valence-electron chi connectivity index (χ1n) is 11.0. The van der Waals surface area contributed by atoms with Crippen molar-refractivity contribution in [1.82, 2.24) is 15.2 Å². The lowest BCUT2D eigenvalue weighted by molar-refractivity contribution is -0.138. The van der Waals surface area contributed by atoms with Crippen molar-refractivity contribution in [3.63, 3.8) is 0 Å². The van der Waals surface area contributed by atoms with Crippen LogP contribution in [0.4, 0.5) is 0 Å². The predicted octanol–water partition coefficient (Wildman–Crippen LogP) is 2.01. The lowest BCUT2D eigenvalue weighted by atomic mass is 10.0. The Morgan fingerprint density at radius 3 is 2.53 bits per heavy atom. The van der Waals surface area contributed by atoms with Gasteiger partial charge in [0, 0.05) is 39.1 Å². The van der Waals surface area contributed by atoms with Crippen molar-refractivity contribution in [3.8, 4) is 0 Å². The van der Waals surface area contributed by atoms with Crippen molar-refractivity contribution in [2.24, 2.45) is 10.3 Å². The van der Waals surface area contributed by atoms with Crippen LogP contribution in [0.25, 0.3) is 0 Å². The van der Waals surface area contributed by atoms with Gasteiger partial charge in [0.25, 0.3) is 0 Å². The molecule has 0 radical (unpaired) electrons. The van der Waals surface area contributed by atoms with Gasteiger partial charge in [0.2, 0.25) is 0 Å². The highest BCUT2D eigenvalue weighted by atomic mass is 16.6. The van der Waals surface area contributed by atoms with Crippen LogP contribution >= 0.6 is 0 Å². The van der Waals surface area contributed by atoms with Crippen LogP contribution in [0.5, 0.6) is 0 Å². The summed E-state index contributed by atoms with van der Waals surface area (Å²) in [7, 11) is 0. The molecule has 2 N–H and O–H groups in total. The number of nitrogens with one attached hydrogen (secondary N) is 1. The summed E-state index contributed by atoms with van der Waals surface area (Å²) in [5.41, 5.74) is 7.30. The fraction of sp³-hybridized carbons (Fsp3) is 0.375. The fourth-order valence-electron chi connectivity index (χ4n) is 3.92. The molecule has 32 heavy (non-hydrogen) atoms. The molecule has 0 aromatic heterocycles. The van der Waals surface area contributed by atoms with Crippen LogP contribution in [0.1, 0.15) is 23.1 Å². The first-order valence-corrected chi connectivity index (χ1v) is 11.0. The van der Waals surface area contributed by atoms with Crippen LogP contribution < -0.4 is 5.43 Å². The van der Waals surface area contributed by atoms with Crippen molar-refractivity contribution in [2.75, 3.05) is 39.3 Å². The Labute approximate surface area is 188 Å². The van der Waals surface area contributed by atoms with Gasteiger partial charge in [-0.1, -0.05) is 59.8 Å². The van der Waals surface area contributed by atoms with E-state index >= 15 is 0 Å². The minimum absolute atomic E-state index is 0.0412. The second kappa shape index (κ2) is 10.9. The molecule has 0 saturated carbocycles. The summed E-state index contributed by atoms with van der Waals surface area (Å²) < 4.78 is 0. The summed E-state index contributed by atoms with van der Waals surface area (Å²) in [6.45, 7) is 4.88. The maximum Gasteiger partial charge on any atom is 0.317 e. The average molecular weight is 436 g/mol. The lowest BCUT2D eigenvalue weighted by Crippen LogP contribution is -2.49. The van der Waals surface area contributed by atoms with E-state index in [0.29, 0.717) is 6.54 Å². The third kappa shape index (κ3) is 6.38. The second-order valence-corrected chi connectivity index (χ2v) is 8.14. The number of piperazine rings is 1. The van der Waals surface area contributed by atoms with E-state index in [1.165, 1.54) is 5.56 Å². The molecule has 8 heteroatoms. The highest BCUT2D eigenvalue weighted by Gasteiger charge is 2.26. The Morgan fingerprint density at radius 2 is 1.81 bits per heavy atom. The molecule has 8 nitrogen and oxygen atoms in total. The first kappa shape index (κ1) is 22.0. The number of oxime groups is 1. The average Bonchev–Trinajstić information content (AvgIpc) is 3.27. The molecule has 1 saturated heterocycles. The van der Waals surface area contributed by atoms with Gasteiger partial charge in [-0.2, -0.15) is 5.10 Å². The number of aliphatic carboxylic acids is 1. The molecule has 0 amide bonds. The summed E-state index contributed by atoms with van der Waals surface area (Å²) in [4.78, 5) is 20.8. The van der Waals surface area contributed by atoms with Crippen LogP contribution in [0, 0.1) is 0 Å². The Morgan fingerprint density at radius 1 is 1.09 bits per heavy atom. The molecule has 1 atom stereocenters. The summed E-state index contributed by atoms with van der Waals surface area (Å²) in [5, 5.41) is 17.5. The maximum absolute atomic E-state index is 10.8. The Hall–Kier alpha value is -3.23. The molecular formula is C24H29N5O3. The number of rotatable bonds is 9. The van der Waals surface area contributed by atoms with Crippen LogP contribution in [0.3, 0.4) is 0 Å². The van der Waals surface area contributed by atoms with E-state index in [2.05, 4.69) is 32.7 Å². The summed E-state index contributed by atoms with van der Waals surface area (Å²) in [6, 6.07) is 18.3. The van der Waals surface area contributed by atoms with E-state index in [9.17, 15) is 4.79 Å². The van der Waals surface area contributed by atoms with Crippen molar-refractivity contribution < 1.29 is 14.7 Å². The number of carbonyl (C=O) groups is 1. The van der Waals surface area contributed by atoms with Crippen LogP contribution in [-0.4, -0.2) is 78.2 Å². The number of hydrogen-bond acceptors (Lipinski definition) is 7. The quantitative estimate of drug-likeness (QED) is 0.463. The minimum atomic E-state index is -0.767. The normalized spacial score (nSPS) is 19.6. The highest BCUT2D eigenvalue weighted by Crippen LogP contribution is 2.18. The smallest absolute Gasteiger partial charge is 0.317 e. The molecule has 0 spiro atoms. The third-order valence-electron chi connectivity index (χ3n) is 5.69. The van der Waals surface area contributed by atoms with Crippen molar-refractivity contribution in [3.05, 3.63) is 71.3 Å². The largest absolute Gasteiger partial charge is 0.480 e. The summed E-state index contributed by atoms with van der Waals surface area (Å²) >= 11 is 0. The molecule has 2 aliphatic rings. The van der Waals surface area contributed by atoms with Gasteiger partial charge in [0.15, 0.2) is 0 Å². The predicted molar refractivity (Wildman–Crippen MR) is 124 cm³/mol. The van der Waals surface area contributed by atoms with E-state index in [4.69, 9.17) is 9.94 Å². The molecule has 0 bridgehead atoms. The molecule has 2 aromatic carbocycles. The number of carboxylic acids is 1. The Kier molecular flexibility index (Phi) is 7.47. The molecule has 2 aromatic rings. The van der Waals surface area contributed by atoms with Crippen molar-refractivity contribution in [2.45, 2.75) is 19.1 Å². The molecule has 1 fully saturated rings. The van der Waals surface area contributed by atoms with Gasteiger partial charge in [0.05, 0.1) is 25.0 Å². The topological polar surface area (TPSA) is 89.8 Å². The van der Waals surface area contributed by atoms with Crippen molar-refractivity contribution in [1.29, 1.82) is 0 Å². The Balaban J connectivity index is 1.20. The standard InChI is InChI=1S/C24H29N5O3/c30-24(31)18-29-12-10-28(11-13-29)17-22-14-23(27-32-22)21-8-6-20(7-9-21)16-26-25-15-19-4-2-1-3-5-19/h1-9,16,22,25H,10-15,17-18H2,(H,30,31)/b26-16+. The van der Waals surface area contributed by atoms with E-state index in [0.717, 1.165) is 56.0 Å². The number of benzene rings is 2. The van der Waals surface area contributed by atoms with Gasteiger partial charge in [-0.25, -0.2) is 0 Å². The first-order chi connectivity index (χ1) is 15.7. The van der Waals surface area contributed by atoms with Gasteiger partial charge in [0.1, 0.15) is 6.10 Å². The lowest BCUT2D eigenvalue weighted by Gasteiger charge is -2.34. The third-order valence-corrected chi connectivity index (χ3v) is 5.69. The molecule has 4 rings (SSSR count). The van der Waals surface area contributed by atoms with Gasteiger partial charge >= 0.3 is 5.97 Å². The molecule has 2 heterocycles. The number of nitrogens with zero attached hydrogens (tertiary/aromatic N) is 4. The van der Waals surface area contributed by atoms with Crippen LogP contribution in [0.2, 0.25) is 0 Å². The SMILES string of the molecule is O=C(O)CN1CCN(CC2CC(c3ccc(/C=N/NCc4ccccc4)cc3)=NO2)CC1. The van der Waals surface area contributed by atoms with E-state index in [1.54, 1.807) is 0 Å². The number of hydrazone groups is 1. The molecule has 1 unspecified atom stereocenters. The Bertz CT molecular complexity index is 938. The van der Waals surface area contributed by atoms with Crippen LogP contribution in [0.15, 0.2) is 64.9 Å². The van der Waals surface area contributed by atoms with Gasteiger partial charge in [-0.3, -0.25) is 14.6 Å². The zero-order valence-electron chi connectivity index (χ0n) is 18.1. The fourth-order valence-corrected chi connectivity index (χ4v) is 3.92. The summed E-state index contributed by atoms with van der Waals surface area (Å²) in [5.74, 6) is -0.767. The number of hydrogen-bond donors (Lipinski definition) is 2. The second-order valence-electron chi connectivity index (χ2n) is 8.14. The summed E-state index contributed by atoms with van der Waals surface area (Å²) in [6.07, 6.45) is 2.63. The zero-order valence-corrected chi connectivity index (χ0v) is 18.1. The van der Waals surface area contributed by atoms with Gasteiger partial charge < -0.3 is 15.4 Å². The molecular weight excluding hydrogens is 406 g/mol.